The number of hydrogen-bond acceptors (Lipinski definition) is 2. The van der Waals surface area contributed by atoms with E-state index in [1.807, 2.05) is 20.8 Å². The van der Waals surface area contributed by atoms with E-state index in [4.69, 9.17) is 5.11 Å². The Morgan fingerprint density at radius 3 is 2.43 bits per heavy atom. The number of aliphatic hydroxyl groups is 1. The van der Waals surface area contributed by atoms with Crippen LogP contribution in [0, 0.1) is 5.41 Å². The van der Waals surface area contributed by atoms with Gasteiger partial charge in [-0.15, -0.1) is 0 Å². The average molecular weight is 201 g/mol. The lowest BCUT2D eigenvalue weighted by atomic mass is 9.92. The summed E-state index contributed by atoms with van der Waals surface area (Å²) in [6, 6.07) is 0. The van der Waals surface area contributed by atoms with E-state index in [-0.39, 0.29) is 17.4 Å². The molecule has 0 aromatic heterocycles. The highest BCUT2D eigenvalue weighted by Crippen LogP contribution is 2.17. The molecule has 0 aliphatic rings. The van der Waals surface area contributed by atoms with Gasteiger partial charge in [-0.3, -0.25) is 4.79 Å². The van der Waals surface area contributed by atoms with Crippen molar-refractivity contribution in [3.63, 3.8) is 0 Å². The number of carbonyl (C=O) groups is 1. The van der Waals surface area contributed by atoms with E-state index in [1.165, 1.54) is 0 Å². The highest BCUT2D eigenvalue weighted by atomic mass is 16.3. The molecule has 0 saturated carbocycles. The fourth-order valence-electron chi connectivity index (χ4n) is 1.17. The van der Waals surface area contributed by atoms with Crippen molar-refractivity contribution in [3.05, 3.63) is 0 Å². The summed E-state index contributed by atoms with van der Waals surface area (Å²) in [4.78, 5) is 11.3. The largest absolute Gasteiger partial charge is 0.393 e. The Morgan fingerprint density at radius 1 is 1.43 bits per heavy atom. The zero-order valence-corrected chi connectivity index (χ0v) is 9.76. The number of rotatable bonds is 5. The minimum absolute atomic E-state index is 0.0500. The molecule has 1 amide bonds. The summed E-state index contributed by atoms with van der Waals surface area (Å²) in [6.45, 7) is 8.56. The van der Waals surface area contributed by atoms with Gasteiger partial charge >= 0.3 is 0 Å². The van der Waals surface area contributed by atoms with Gasteiger partial charge in [-0.1, -0.05) is 20.8 Å². The predicted molar refractivity (Wildman–Crippen MR) is 58.0 cm³/mol. The summed E-state index contributed by atoms with van der Waals surface area (Å²) >= 11 is 0. The van der Waals surface area contributed by atoms with Crippen LogP contribution in [0.15, 0.2) is 0 Å². The number of aliphatic hydroxyl groups excluding tert-OH is 1. The van der Waals surface area contributed by atoms with E-state index in [9.17, 15) is 4.79 Å². The molecule has 84 valence electrons. The molecule has 0 rings (SSSR count). The van der Waals surface area contributed by atoms with Gasteiger partial charge in [0.1, 0.15) is 0 Å². The zero-order valence-electron chi connectivity index (χ0n) is 9.76. The fraction of sp³-hybridized carbons (Fsp3) is 0.909. The minimum Gasteiger partial charge on any atom is -0.393 e. The third kappa shape index (κ3) is 9.52. The van der Waals surface area contributed by atoms with Crippen LogP contribution in [0.4, 0.5) is 0 Å². The molecule has 0 heterocycles. The molecule has 0 spiro atoms. The van der Waals surface area contributed by atoms with E-state index in [0.29, 0.717) is 13.0 Å². The van der Waals surface area contributed by atoms with E-state index in [2.05, 4.69) is 5.32 Å². The quantitative estimate of drug-likeness (QED) is 0.665. The number of nitrogens with one attached hydrogen (secondary N) is 1. The molecule has 2 N–H and O–H groups in total. The van der Waals surface area contributed by atoms with Gasteiger partial charge in [-0.05, 0) is 25.2 Å². The number of amides is 1. The highest BCUT2D eigenvalue weighted by Gasteiger charge is 2.15. The third-order valence-corrected chi connectivity index (χ3v) is 1.81. The monoisotopic (exact) mass is 201 g/mol. The average Bonchev–Trinajstić information content (AvgIpc) is 1.94. The molecule has 0 aromatic rings. The molecular formula is C11H23NO2. The first kappa shape index (κ1) is 13.4. The molecule has 3 heteroatoms. The fourth-order valence-corrected chi connectivity index (χ4v) is 1.17. The van der Waals surface area contributed by atoms with Crippen LogP contribution in [0.25, 0.3) is 0 Å². The highest BCUT2D eigenvalue weighted by molar-refractivity contribution is 5.76. The first-order chi connectivity index (χ1) is 6.31. The standard InChI is InChI=1S/C11H23NO2/c1-9(13)6-5-7-12-10(14)8-11(2,3)4/h9,13H,5-8H2,1-4H3,(H,12,14). The van der Waals surface area contributed by atoms with Gasteiger partial charge in [0, 0.05) is 13.0 Å². The zero-order chi connectivity index (χ0) is 11.2. The van der Waals surface area contributed by atoms with Gasteiger partial charge in [0.15, 0.2) is 0 Å². The Morgan fingerprint density at radius 2 is 2.00 bits per heavy atom. The molecule has 3 nitrogen and oxygen atoms in total. The second-order valence-electron chi connectivity index (χ2n) is 5.08. The maximum Gasteiger partial charge on any atom is 0.220 e. The van der Waals surface area contributed by atoms with Crippen LogP contribution >= 0.6 is 0 Å². The second kappa shape index (κ2) is 6.02. The smallest absolute Gasteiger partial charge is 0.220 e. The second-order valence-corrected chi connectivity index (χ2v) is 5.08. The Bertz CT molecular complexity index is 171. The molecule has 0 fully saturated rings. The maximum absolute atomic E-state index is 11.3. The topological polar surface area (TPSA) is 49.3 Å². The van der Waals surface area contributed by atoms with E-state index >= 15 is 0 Å². The Kier molecular flexibility index (Phi) is 5.77. The van der Waals surface area contributed by atoms with Gasteiger partial charge in [-0.2, -0.15) is 0 Å². The molecule has 0 aliphatic carbocycles. The van der Waals surface area contributed by atoms with Crippen LogP contribution in [-0.2, 0) is 4.79 Å². The SMILES string of the molecule is CC(O)CCCNC(=O)CC(C)(C)C. The van der Waals surface area contributed by atoms with Crippen molar-refractivity contribution in [1.29, 1.82) is 0 Å². The molecule has 0 saturated heterocycles. The molecular weight excluding hydrogens is 178 g/mol. The maximum atomic E-state index is 11.3. The molecule has 14 heavy (non-hydrogen) atoms. The number of carbonyl (C=O) groups excluding carboxylic acids is 1. The van der Waals surface area contributed by atoms with Gasteiger partial charge in [0.2, 0.25) is 5.91 Å². The minimum atomic E-state index is -0.269. The van der Waals surface area contributed by atoms with E-state index in [1.54, 1.807) is 6.92 Å². The normalized spacial score (nSPS) is 13.8. The van der Waals surface area contributed by atoms with Crippen LogP contribution in [0.5, 0.6) is 0 Å². The van der Waals surface area contributed by atoms with Crippen LogP contribution in [0.1, 0.15) is 47.0 Å². The Hall–Kier alpha value is -0.570. The van der Waals surface area contributed by atoms with Crippen molar-refractivity contribution < 1.29 is 9.90 Å². The molecule has 0 bridgehead atoms. The van der Waals surface area contributed by atoms with Crippen LogP contribution < -0.4 is 5.32 Å². The number of hydrogen-bond donors (Lipinski definition) is 2. The van der Waals surface area contributed by atoms with Crippen LogP contribution in [0.2, 0.25) is 0 Å². The summed E-state index contributed by atoms with van der Waals surface area (Å²) in [7, 11) is 0. The lowest BCUT2D eigenvalue weighted by Crippen LogP contribution is -2.28. The van der Waals surface area contributed by atoms with Crippen molar-refractivity contribution in [2.45, 2.75) is 53.1 Å². The van der Waals surface area contributed by atoms with Crippen molar-refractivity contribution in [2.75, 3.05) is 6.54 Å². The summed E-state index contributed by atoms with van der Waals surface area (Å²) in [5, 5.41) is 11.8. The van der Waals surface area contributed by atoms with E-state index in [0.717, 1.165) is 12.8 Å². The van der Waals surface area contributed by atoms with Gasteiger partial charge in [-0.25, -0.2) is 0 Å². The molecule has 0 radical (unpaired) electrons. The molecule has 1 atom stereocenters. The predicted octanol–water partition coefficient (Wildman–Crippen LogP) is 1.70. The molecule has 0 aromatic carbocycles. The summed E-state index contributed by atoms with van der Waals surface area (Å²) in [5.41, 5.74) is 0.0500. The van der Waals surface area contributed by atoms with Crippen molar-refractivity contribution in [3.8, 4) is 0 Å². The van der Waals surface area contributed by atoms with Crippen LogP contribution in [-0.4, -0.2) is 23.7 Å². The first-order valence-electron chi connectivity index (χ1n) is 5.26. The Balaban J connectivity index is 3.46. The molecule has 0 aliphatic heterocycles. The van der Waals surface area contributed by atoms with Gasteiger partial charge < -0.3 is 10.4 Å². The van der Waals surface area contributed by atoms with Crippen molar-refractivity contribution in [1.82, 2.24) is 5.32 Å². The third-order valence-electron chi connectivity index (χ3n) is 1.81. The summed E-state index contributed by atoms with van der Waals surface area (Å²) in [5.74, 6) is 0.100. The van der Waals surface area contributed by atoms with Crippen LogP contribution in [0.3, 0.4) is 0 Å². The lowest BCUT2D eigenvalue weighted by Gasteiger charge is -2.17. The van der Waals surface area contributed by atoms with Crippen molar-refractivity contribution >= 4 is 5.91 Å². The molecule has 1 unspecified atom stereocenters. The van der Waals surface area contributed by atoms with Gasteiger partial charge in [0.05, 0.1) is 6.10 Å². The van der Waals surface area contributed by atoms with Crippen molar-refractivity contribution in [2.24, 2.45) is 5.41 Å². The summed E-state index contributed by atoms with van der Waals surface area (Å²) in [6.07, 6.45) is 1.87. The Labute approximate surface area is 86.9 Å². The first-order valence-corrected chi connectivity index (χ1v) is 5.26. The lowest BCUT2D eigenvalue weighted by molar-refractivity contribution is -0.122. The van der Waals surface area contributed by atoms with Gasteiger partial charge in [0.25, 0.3) is 0 Å². The van der Waals surface area contributed by atoms with E-state index < -0.39 is 0 Å². The summed E-state index contributed by atoms with van der Waals surface area (Å²) < 4.78 is 0.